The van der Waals surface area contributed by atoms with Gasteiger partial charge in [-0.2, -0.15) is 10.4 Å². The number of nitrogens with zero attached hydrogens (tertiary/aromatic N) is 3. The largest absolute Gasteiger partial charge is 0.480 e. The molecule has 1 heterocycles. The van der Waals surface area contributed by atoms with Crippen LogP contribution in [0.25, 0.3) is 0 Å². The standard InChI is InChI=1S/C20H23N3O3/c1-5-17(20(24)25)23-18(14-6-7-14)19(13(4)22-23)26-15-8-11(2)16(10-21)12(3)9-15/h8-9,14,17H,5-7H2,1-4H3,(H,24,25). The van der Waals surface area contributed by atoms with E-state index in [0.717, 1.165) is 29.7 Å². The topological polar surface area (TPSA) is 88.1 Å². The molecule has 0 radical (unpaired) electrons. The summed E-state index contributed by atoms with van der Waals surface area (Å²) in [6, 6.07) is 5.20. The highest BCUT2D eigenvalue weighted by Crippen LogP contribution is 2.47. The van der Waals surface area contributed by atoms with E-state index in [1.54, 1.807) is 4.68 Å². The van der Waals surface area contributed by atoms with Crippen molar-refractivity contribution in [2.75, 3.05) is 0 Å². The molecule has 2 aromatic rings. The van der Waals surface area contributed by atoms with E-state index in [9.17, 15) is 15.2 Å². The molecular formula is C20H23N3O3. The van der Waals surface area contributed by atoms with E-state index >= 15 is 0 Å². The number of carboxylic acids is 1. The average molecular weight is 353 g/mol. The Morgan fingerprint density at radius 2 is 2.00 bits per heavy atom. The molecule has 136 valence electrons. The van der Waals surface area contributed by atoms with Crippen molar-refractivity contribution < 1.29 is 14.6 Å². The molecule has 1 fully saturated rings. The van der Waals surface area contributed by atoms with Crippen molar-refractivity contribution in [1.29, 1.82) is 5.26 Å². The minimum absolute atomic E-state index is 0.292. The van der Waals surface area contributed by atoms with Gasteiger partial charge in [0.25, 0.3) is 0 Å². The fourth-order valence-electron chi connectivity index (χ4n) is 3.37. The molecule has 1 aromatic heterocycles. The van der Waals surface area contributed by atoms with Gasteiger partial charge in [-0.25, -0.2) is 4.79 Å². The summed E-state index contributed by atoms with van der Waals surface area (Å²) in [6.07, 6.45) is 2.50. The van der Waals surface area contributed by atoms with Crippen LogP contribution in [0.4, 0.5) is 0 Å². The SMILES string of the molecule is CCC(C(=O)O)n1nc(C)c(Oc2cc(C)c(C#N)c(C)c2)c1C1CC1. The predicted octanol–water partition coefficient (Wildman–Crippen LogP) is 4.39. The number of nitriles is 1. The number of hydrogen-bond acceptors (Lipinski definition) is 4. The fraction of sp³-hybridized carbons (Fsp3) is 0.450. The molecule has 26 heavy (non-hydrogen) atoms. The van der Waals surface area contributed by atoms with Gasteiger partial charge in [0.1, 0.15) is 17.5 Å². The molecule has 0 spiro atoms. The summed E-state index contributed by atoms with van der Waals surface area (Å²) in [5.41, 5.74) is 3.93. The number of aryl methyl sites for hydroxylation is 3. The number of carboxylic acid groups (broad SMARTS) is 1. The van der Waals surface area contributed by atoms with Crippen molar-refractivity contribution in [3.05, 3.63) is 40.2 Å². The molecular weight excluding hydrogens is 330 g/mol. The zero-order valence-corrected chi connectivity index (χ0v) is 15.5. The Morgan fingerprint density at radius 3 is 2.46 bits per heavy atom. The van der Waals surface area contributed by atoms with E-state index in [0.29, 0.717) is 35.1 Å². The second-order valence-corrected chi connectivity index (χ2v) is 6.93. The Hall–Kier alpha value is -2.81. The first-order chi connectivity index (χ1) is 12.4. The lowest BCUT2D eigenvalue weighted by molar-refractivity contribution is -0.141. The highest BCUT2D eigenvalue weighted by atomic mass is 16.5. The van der Waals surface area contributed by atoms with E-state index in [1.165, 1.54) is 0 Å². The van der Waals surface area contributed by atoms with Crippen LogP contribution in [0.1, 0.15) is 66.2 Å². The lowest BCUT2D eigenvalue weighted by atomic mass is 10.0. The molecule has 1 aliphatic rings. The molecule has 1 aromatic carbocycles. The van der Waals surface area contributed by atoms with E-state index in [4.69, 9.17) is 4.74 Å². The lowest BCUT2D eigenvalue weighted by Crippen LogP contribution is -2.21. The van der Waals surface area contributed by atoms with Crippen molar-refractivity contribution in [2.24, 2.45) is 0 Å². The molecule has 6 heteroatoms. The first kappa shape index (κ1) is 18.0. The third kappa shape index (κ3) is 3.17. The van der Waals surface area contributed by atoms with Crippen molar-refractivity contribution in [2.45, 2.75) is 58.9 Å². The third-order valence-electron chi connectivity index (χ3n) is 4.83. The van der Waals surface area contributed by atoms with Crippen LogP contribution in [-0.4, -0.2) is 20.9 Å². The molecule has 1 saturated carbocycles. The minimum atomic E-state index is -0.881. The molecule has 0 bridgehead atoms. The van der Waals surface area contributed by atoms with Crippen LogP contribution in [0.5, 0.6) is 11.5 Å². The Morgan fingerprint density at radius 1 is 1.38 bits per heavy atom. The molecule has 6 nitrogen and oxygen atoms in total. The van der Waals surface area contributed by atoms with Crippen LogP contribution in [0, 0.1) is 32.1 Å². The minimum Gasteiger partial charge on any atom is -0.480 e. The van der Waals surface area contributed by atoms with Crippen molar-refractivity contribution in [3.8, 4) is 17.6 Å². The smallest absolute Gasteiger partial charge is 0.328 e. The highest BCUT2D eigenvalue weighted by Gasteiger charge is 2.36. The van der Waals surface area contributed by atoms with Gasteiger partial charge in [-0.05, 0) is 63.3 Å². The summed E-state index contributed by atoms with van der Waals surface area (Å²) in [5, 5.41) is 23.3. The van der Waals surface area contributed by atoms with Gasteiger partial charge in [0.2, 0.25) is 0 Å². The molecule has 0 aliphatic heterocycles. The number of aliphatic carboxylic acids is 1. The number of carbonyl (C=O) groups is 1. The maximum absolute atomic E-state index is 11.6. The first-order valence-corrected chi connectivity index (χ1v) is 8.88. The van der Waals surface area contributed by atoms with Gasteiger partial charge < -0.3 is 9.84 Å². The van der Waals surface area contributed by atoms with Gasteiger partial charge in [0, 0.05) is 5.92 Å². The number of rotatable bonds is 6. The van der Waals surface area contributed by atoms with Gasteiger partial charge in [0.05, 0.1) is 17.3 Å². The van der Waals surface area contributed by atoms with E-state index in [-0.39, 0.29) is 0 Å². The quantitative estimate of drug-likeness (QED) is 0.832. The van der Waals surface area contributed by atoms with Gasteiger partial charge >= 0.3 is 5.97 Å². The summed E-state index contributed by atoms with van der Waals surface area (Å²) < 4.78 is 7.81. The van der Waals surface area contributed by atoms with Gasteiger partial charge in [-0.3, -0.25) is 4.68 Å². The Balaban J connectivity index is 2.05. The van der Waals surface area contributed by atoms with Crippen LogP contribution in [0.2, 0.25) is 0 Å². The van der Waals surface area contributed by atoms with E-state index in [1.807, 2.05) is 39.8 Å². The fourth-order valence-corrected chi connectivity index (χ4v) is 3.37. The Kier molecular flexibility index (Phi) is 4.73. The molecule has 1 unspecified atom stereocenters. The van der Waals surface area contributed by atoms with Crippen LogP contribution in [0.15, 0.2) is 12.1 Å². The molecule has 1 aliphatic carbocycles. The molecule has 1 N–H and O–H groups in total. The Bertz CT molecular complexity index is 881. The normalized spacial score (nSPS) is 14.7. The van der Waals surface area contributed by atoms with Crippen molar-refractivity contribution in [3.63, 3.8) is 0 Å². The molecule has 3 rings (SSSR count). The number of benzene rings is 1. The van der Waals surface area contributed by atoms with Crippen LogP contribution < -0.4 is 4.74 Å². The average Bonchev–Trinajstić information content (AvgIpc) is 3.34. The maximum atomic E-state index is 11.6. The second-order valence-electron chi connectivity index (χ2n) is 6.93. The zero-order chi connectivity index (χ0) is 19.0. The van der Waals surface area contributed by atoms with Gasteiger partial charge in [0.15, 0.2) is 5.75 Å². The number of aromatic nitrogens is 2. The molecule has 0 saturated heterocycles. The summed E-state index contributed by atoms with van der Waals surface area (Å²) in [4.78, 5) is 11.6. The van der Waals surface area contributed by atoms with Crippen LogP contribution >= 0.6 is 0 Å². The number of hydrogen-bond donors (Lipinski definition) is 1. The third-order valence-corrected chi connectivity index (χ3v) is 4.83. The monoisotopic (exact) mass is 353 g/mol. The van der Waals surface area contributed by atoms with Gasteiger partial charge in [-0.15, -0.1) is 0 Å². The summed E-state index contributed by atoms with van der Waals surface area (Å²) in [6.45, 7) is 7.46. The van der Waals surface area contributed by atoms with E-state index in [2.05, 4.69) is 11.2 Å². The Labute approximate surface area is 153 Å². The highest BCUT2D eigenvalue weighted by molar-refractivity contribution is 5.72. The maximum Gasteiger partial charge on any atom is 0.328 e. The second kappa shape index (κ2) is 6.83. The van der Waals surface area contributed by atoms with Crippen LogP contribution in [0.3, 0.4) is 0 Å². The molecule has 1 atom stereocenters. The predicted molar refractivity (Wildman–Crippen MR) is 96.6 cm³/mol. The summed E-state index contributed by atoms with van der Waals surface area (Å²) >= 11 is 0. The molecule has 0 amide bonds. The van der Waals surface area contributed by atoms with E-state index < -0.39 is 12.0 Å². The zero-order valence-electron chi connectivity index (χ0n) is 15.5. The van der Waals surface area contributed by atoms with Crippen LogP contribution in [-0.2, 0) is 4.79 Å². The van der Waals surface area contributed by atoms with Crippen molar-refractivity contribution >= 4 is 5.97 Å². The lowest BCUT2D eigenvalue weighted by Gasteiger charge is -2.15. The van der Waals surface area contributed by atoms with Crippen molar-refractivity contribution in [1.82, 2.24) is 9.78 Å². The number of ether oxygens (including phenoxy) is 1. The summed E-state index contributed by atoms with van der Waals surface area (Å²) in [7, 11) is 0. The first-order valence-electron chi connectivity index (χ1n) is 8.88. The summed E-state index contributed by atoms with van der Waals surface area (Å²) in [5.74, 6) is 0.705. The van der Waals surface area contributed by atoms with Gasteiger partial charge in [-0.1, -0.05) is 6.92 Å².